The van der Waals surface area contributed by atoms with Crippen LogP contribution in [0.1, 0.15) is 36.8 Å². The minimum atomic E-state index is 0.318. The Bertz CT molecular complexity index is 908. The molecule has 3 aromatic rings. The fourth-order valence-electron chi connectivity index (χ4n) is 4.18. The molecule has 0 aliphatic heterocycles. The zero-order chi connectivity index (χ0) is 19.3. The van der Waals surface area contributed by atoms with Crippen LogP contribution < -0.4 is 9.47 Å². The fraction of sp³-hybridized carbons (Fsp3) is 0.360. The lowest BCUT2D eigenvalue weighted by Gasteiger charge is -2.19. The molecule has 0 saturated heterocycles. The summed E-state index contributed by atoms with van der Waals surface area (Å²) in [6.07, 6.45) is 9.32. The van der Waals surface area contributed by atoms with Crippen LogP contribution >= 0.6 is 0 Å². The molecular weight excluding hydrogens is 346 g/mol. The molecule has 3 nitrogen and oxygen atoms in total. The number of hydrogen-bond acceptors (Lipinski definition) is 2. The van der Waals surface area contributed by atoms with Crippen molar-refractivity contribution in [3.8, 4) is 22.8 Å². The summed E-state index contributed by atoms with van der Waals surface area (Å²) in [6.45, 7) is 0. The summed E-state index contributed by atoms with van der Waals surface area (Å²) in [5.41, 5.74) is 5.12. The monoisotopic (exact) mass is 375 g/mol. The highest BCUT2D eigenvalue weighted by atomic mass is 16.5. The Kier molecular flexibility index (Phi) is 5.70. The van der Waals surface area contributed by atoms with Gasteiger partial charge in [-0.25, -0.2) is 0 Å². The van der Waals surface area contributed by atoms with Crippen molar-refractivity contribution in [1.29, 1.82) is 0 Å². The molecule has 0 N–H and O–H groups in total. The van der Waals surface area contributed by atoms with E-state index in [-0.39, 0.29) is 0 Å². The van der Waals surface area contributed by atoms with Gasteiger partial charge >= 0.3 is 0 Å². The standard InChI is InChI=1S/C25H29NO2/c1-26-17-16-20(13-12-19-8-4-3-5-9-19)25(26)23-15-14-22(27-2)18-24(23)28-21-10-6-7-11-21/h3-5,8-9,14-18,21H,6-7,10-13H2,1-2H3. The number of aromatic nitrogens is 1. The van der Waals surface area contributed by atoms with Crippen molar-refractivity contribution < 1.29 is 9.47 Å². The first-order chi connectivity index (χ1) is 13.7. The van der Waals surface area contributed by atoms with Crippen LogP contribution in [-0.2, 0) is 19.9 Å². The molecule has 0 spiro atoms. The van der Waals surface area contributed by atoms with E-state index in [1.807, 2.05) is 12.1 Å². The molecule has 0 radical (unpaired) electrons. The smallest absolute Gasteiger partial charge is 0.132 e. The van der Waals surface area contributed by atoms with E-state index in [1.165, 1.54) is 29.7 Å². The molecule has 146 valence electrons. The highest BCUT2D eigenvalue weighted by molar-refractivity contribution is 5.72. The molecule has 1 fully saturated rings. The number of aryl methyl sites for hydroxylation is 3. The minimum Gasteiger partial charge on any atom is -0.497 e. The van der Waals surface area contributed by atoms with Crippen LogP contribution in [0, 0.1) is 0 Å². The third-order valence-corrected chi connectivity index (χ3v) is 5.72. The van der Waals surface area contributed by atoms with Gasteiger partial charge in [-0.05, 0) is 67.9 Å². The van der Waals surface area contributed by atoms with Crippen molar-refractivity contribution in [2.24, 2.45) is 7.05 Å². The van der Waals surface area contributed by atoms with Gasteiger partial charge in [-0.1, -0.05) is 30.3 Å². The number of benzene rings is 2. The minimum absolute atomic E-state index is 0.318. The SMILES string of the molecule is COc1ccc(-c2c(CCc3ccccc3)ccn2C)c(OC2CCCC2)c1. The zero-order valence-corrected chi connectivity index (χ0v) is 16.9. The molecule has 0 atom stereocenters. The van der Waals surface area contributed by atoms with Crippen molar-refractivity contribution >= 4 is 0 Å². The van der Waals surface area contributed by atoms with Gasteiger partial charge in [0.25, 0.3) is 0 Å². The van der Waals surface area contributed by atoms with Gasteiger partial charge in [0.2, 0.25) is 0 Å². The average molecular weight is 376 g/mol. The van der Waals surface area contributed by atoms with Gasteiger partial charge in [-0.2, -0.15) is 0 Å². The molecule has 1 heterocycles. The second-order valence-corrected chi connectivity index (χ2v) is 7.67. The molecule has 1 aromatic heterocycles. The van der Waals surface area contributed by atoms with E-state index in [4.69, 9.17) is 9.47 Å². The van der Waals surface area contributed by atoms with Gasteiger partial charge in [-0.3, -0.25) is 0 Å². The van der Waals surface area contributed by atoms with Crippen LogP contribution in [0.4, 0.5) is 0 Å². The maximum absolute atomic E-state index is 6.45. The summed E-state index contributed by atoms with van der Waals surface area (Å²) < 4.78 is 14.1. The van der Waals surface area contributed by atoms with Crippen LogP contribution in [0.15, 0.2) is 60.8 Å². The summed E-state index contributed by atoms with van der Waals surface area (Å²) in [5, 5.41) is 0. The molecule has 1 aliphatic rings. The Morgan fingerprint density at radius 2 is 1.75 bits per heavy atom. The number of methoxy groups -OCH3 is 1. The van der Waals surface area contributed by atoms with Gasteiger partial charge in [0.05, 0.1) is 18.9 Å². The largest absolute Gasteiger partial charge is 0.497 e. The molecule has 3 heteroatoms. The fourth-order valence-corrected chi connectivity index (χ4v) is 4.18. The van der Waals surface area contributed by atoms with Crippen LogP contribution in [0.3, 0.4) is 0 Å². The van der Waals surface area contributed by atoms with Gasteiger partial charge < -0.3 is 14.0 Å². The predicted molar refractivity (Wildman–Crippen MR) is 114 cm³/mol. The topological polar surface area (TPSA) is 23.4 Å². The summed E-state index contributed by atoms with van der Waals surface area (Å²) in [5.74, 6) is 1.78. The Morgan fingerprint density at radius 1 is 0.964 bits per heavy atom. The van der Waals surface area contributed by atoms with E-state index in [9.17, 15) is 0 Å². The Morgan fingerprint density at radius 3 is 2.50 bits per heavy atom. The number of ether oxygens (including phenoxy) is 2. The maximum atomic E-state index is 6.45. The van der Waals surface area contributed by atoms with E-state index in [2.05, 4.69) is 60.3 Å². The van der Waals surface area contributed by atoms with Crippen molar-refractivity contribution in [2.45, 2.75) is 44.6 Å². The molecule has 2 aromatic carbocycles. The Labute approximate surface area is 167 Å². The van der Waals surface area contributed by atoms with Gasteiger partial charge in [0.15, 0.2) is 0 Å². The second kappa shape index (κ2) is 8.55. The first-order valence-corrected chi connectivity index (χ1v) is 10.3. The van der Waals surface area contributed by atoms with Crippen LogP contribution in [-0.4, -0.2) is 17.8 Å². The predicted octanol–water partition coefficient (Wildman–Crippen LogP) is 5.81. The van der Waals surface area contributed by atoms with Gasteiger partial charge in [0.1, 0.15) is 11.5 Å². The van der Waals surface area contributed by atoms with Gasteiger partial charge in [0, 0.05) is 24.9 Å². The molecular formula is C25H29NO2. The van der Waals surface area contributed by atoms with Crippen LogP contribution in [0.25, 0.3) is 11.3 Å². The van der Waals surface area contributed by atoms with Crippen molar-refractivity contribution in [1.82, 2.24) is 4.57 Å². The van der Waals surface area contributed by atoms with E-state index in [1.54, 1.807) is 7.11 Å². The Hall–Kier alpha value is -2.68. The van der Waals surface area contributed by atoms with E-state index < -0.39 is 0 Å². The first kappa shape index (κ1) is 18.7. The summed E-state index contributed by atoms with van der Waals surface area (Å²) in [4.78, 5) is 0. The van der Waals surface area contributed by atoms with Crippen LogP contribution in [0.5, 0.6) is 11.5 Å². The second-order valence-electron chi connectivity index (χ2n) is 7.67. The van der Waals surface area contributed by atoms with Crippen LogP contribution in [0.2, 0.25) is 0 Å². The molecule has 28 heavy (non-hydrogen) atoms. The quantitative estimate of drug-likeness (QED) is 0.520. The summed E-state index contributed by atoms with van der Waals surface area (Å²) in [6, 6.07) is 19.1. The normalized spacial score (nSPS) is 14.4. The third kappa shape index (κ3) is 4.09. The lowest BCUT2D eigenvalue weighted by atomic mass is 10.0. The first-order valence-electron chi connectivity index (χ1n) is 10.3. The molecule has 4 rings (SSSR count). The van der Waals surface area contributed by atoms with E-state index in [0.29, 0.717) is 6.10 Å². The highest BCUT2D eigenvalue weighted by Crippen LogP contribution is 2.38. The van der Waals surface area contributed by atoms with E-state index in [0.717, 1.165) is 42.7 Å². The number of nitrogens with zero attached hydrogens (tertiary/aromatic N) is 1. The van der Waals surface area contributed by atoms with Crippen molar-refractivity contribution in [2.75, 3.05) is 7.11 Å². The third-order valence-electron chi connectivity index (χ3n) is 5.72. The molecule has 0 bridgehead atoms. The van der Waals surface area contributed by atoms with Gasteiger partial charge in [-0.15, -0.1) is 0 Å². The Balaban J connectivity index is 1.65. The molecule has 0 unspecified atom stereocenters. The maximum Gasteiger partial charge on any atom is 0.132 e. The van der Waals surface area contributed by atoms with Crippen molar-refractivity contribution in [3.63, 3.8) is 0 Å². The average Bonchev–Trinajstić information content (AvgIpc) is 3.37. The van der Waals surface area contributed by atoms with Crippen molar-refractivity contribution in [3.05, 3.63) is 71.9 Å². The summed E-state index contributed by atoms with van der Waals surface area (Å²) >= 11 is 0. The lowest BCUT2D eigenvalue weighted by molar-refractivity contribution is 0.210. The molecule has 1 saturated carbocycles. The summed E-state index contributed by atoms with van der Waals surface area (Å²) in [7, 11) is 3.83. The zero-order valence-electron chi connectivity index (χ0n) is 16.9. The molecule has 0 amide bonds. The molecule has 1 aliphatic carbocycles. The lowest BCUT2D eigenvalue weighted by Crippen LogP contribution is -2.12. The highest BCUT2D eigenvalue weighted by Gasteiger charge is 2.21. The number of rotatable bonds is 7. The van der Waals surface area contributed by atoms with E-state index >= 15 is 0 Å². The number of hydrogen-bond donors (Lipinski definition) is 0.